The Bertz CT molecular complexity index is 429. The molecule has 0 saturated heterocycles. The molecule has 0 spiro atoms. The van der Waals surface area contributed by atoms with E-state index < -0.39 is 5.54 Å². The van der Waals surface area contributed by atoms with Crippen molar-refractivity contribution < 1.29 is 9.53 Å². The third-order valence-electron chi connectivity index (χ3n) is 2.45. The second-order valence-corrected chi connectivity index (χ2v) is 5.57. The van der Waals surface area contributed by atoms with Crippen LogP contribution in [0.2, 0.25) is 0 Å². The van der Waals surface area contributed by atoms with Gasteiger partial charge in [0.05, 0.1) is 17.7 Å². The highest BCUT2D eigenvalue weighted by Gasteiger charge is 2.21. The fourth-order valence-electron chi connectivity index (χ4n) is 1.55. The van der Waals surface area contributed by atoms with Crippen LogP contribution < -0.4 is 10.6 Å². The number of hydrogen-bond acceptors (Lipinski definition) is 5. The topological polar surface area (TPSA) is 76.1 Å². The Morgan fingerprint density at radius 2 is 1.95 bits per heavy atom. The summed E-state index contributed by atoms with van der Waals surface area (Å²) >= 11 is 0. The predicted molar refractivity (Wildman–Crippen MR) is 78.8 cm³/mol. The van der Waals surface area contributed by atoms with Gasteiger partial charge in [-0.3, -0.25) is 4.79 Å². The summed E-state index contributed by atoms with van der Waals surface area (Å²) in [4.78, 5) is 20.3. The molecule has 0 radical (unpaired) electrons. The highest BCUT2D eigenvalue weighted by atomic mass is 16.5. The Labute approximate surface area is 120 Å². The summed E-state index contributed by atoms with van der Waals surface area (Å²) in [6, 6.07) is 0.250. The molecule has 0 fully saturated rings. The van der Waals surface area contributed by atoms with Crippen LogP contribution in [0, 0.1) is 0 Å². The first kappa shape index (κ1) is 16.4. The first-order valence-electron chi connectivity index (χ1n) is 6.83. The van der Waals surface area contributed by atoms with E-state index in [0.29, 0.717) is 24.7 Å². The van der Waals surface area contributed by atoms with Gasteiger partial charge in [0.1, 0.15) is 0 Å². The van der Waals surface area contributed by atoms with E-state index in [4.69, 9.17) is 4.74 Å². The molecule has 6 nitrogen and oxygen atoms in total. The smallest absolute Gasteiger partial charge is 0.254 e. The van der Waals surface area contributed by atoms with Crippen molar-refractivity contribution in [2.45, 2.75) is 46.2 Å². The number of aromatic nitrogens is 2. The predicted octanol–water partition coefficient (Wildman–Crippen LogP) is 1.84. The molecule has 1 rings (SSSR count). The van der Waals surface area contributed by atoms with Gasteiger partial charge >= 0.3 is 0 Å². The number of amides is 1. The highest BCUT2D eigenvalue weighted by molar-refractivity contribution is 5.94. The van der Waals surface area contributed by atoms with Crippen LogP contribution in [-0.2, 0) is 4.74 Å². The van der Waals surface area contributed by atoms with Crippen LogP contribution in [-0.4, -0.2) is 40.7 Å². The van der Waals surface area contributed by atoms with E-state index in [2.05, 4.69) is 20.6 Å². The van der Waals surface area contributed by atoms with Gasteiger partial charge < -0.3 is 15.4 Å². The summed E-state index contributed by atoms with van der Waals surface area (Å²) < 4.78 is 5.34. The van der Waals surface area contributed by atoms with Gasteiger partial charge in [0, 0.05) is 25.0 Å². The van der Waals surface area contributed by atoms with E-state index >= 15 is 0 Å². The maximum absolute atomic E-state index is 12.1. The Hall–Kier alpha value is -1.69. The van der Waals surface area contributed by atoms with Gasteiger partial charge in [0.25, 0.3) is 5.91 Å². The zero-order valence-electron chi connectivity index (χ0n) is 12.9. The molecule has 0 aliphatic heterocycles. The molecular weight excluding hydrogens is 256 g/mol. The molecule has 1 amide bonds. The molecular formula is C14H24N4O2. The van der Waals surface area contributed by atoms with Crippen molar-refractivity contribution in [1.29, 1.82) is 0 Å². The Kier molecular flexibility index (Phi) is 5.88. The Morgan fingerprint density at radius 3 is 2.45 bits per heavy atom. The minimum atomic E-state index is -0.429. The maximum Gasteiger partial charge on any atom is 0.254 e. The molecule has 0 aliphatic rings. The number of rotatable bonds is 7. The molecule has 112 valence electrons. The average Bonchev–Trinajstić information content (AvgIpc) is 2.36. The van der Waals surface area contributed by atoms with E-state index in [-0.39, 0.29) is 11.9 Å². The van der Waals surface area contributed by atoms with Crippen molar-refractivity contribution in [3.05, 3.63) is 18.0 Å². The number of nitrogens with one attached hydrogen (secondary N) is 2. The largest absolute Gasteiger partial charge is 0.379 e. The minimum Gasteiger partial charge on any atom is -0.379 e. The fraction of sp³-hybridized carbons (Fsp3) is 0.643. The second kappa shape index (κ2) is 7.19. The lowest BCUT2D eigenvalue weighted by atomic mass is 10.1. The molecule has 1 aromatic heterocycles. The number of ether oxygens (including phenoxy) is 1. The van der Waals surface area contributed by atoms with Gasteiger partial charge in [-0.25, -0.2) is 9.97 Å². The van der Waals surface area contributed by atoms with Crippen LogP contribution in [0.5, 0.6) is 0 Å². The fourth-order valence-corrected chi connectivity index (χ4v) is 1.55. The molecule has 1 aromatic rings. The quantitative estimate of drug-likeness (QED) is 0.797. The van der Waals surface area contributed by atoms with Crippen LogP contribution in [0.4, 0.5) is 5.95 Å². The van der Waals surface area contributed by atoms with Crippen molar-refractivity contribution in [1.82, 2.24) is 15.3 Å². The third kappa shape index (κ3) is 5.52. The zero-order chi connectivity index (χ0) is 15.2. The van der Waals surface area contributed by atoms with Crippen molar-refractivity contribution in [2.75, 3.05) is 18.5 Å². The summed E-state index contributed by atoms with van der Waals surface area (Å²) in [7, 11) is 0. The van der Waals surface area contributed by atoms with Crippen LogP contribution in [0.3, 0.4) is 0 Å². The van der Waals surface area contributed by atoms with Gasteiger partial charge in [-0.1, -0.05) is 0 Å². The first-order chi connectivity index (χ1) is 9.34. The van der Waals surface area contributed by atoms with E-state index in [1.165, 1.54) is 12.4 Å². The van der Waals surface area contributed by atoms with Crippen molar-refractivity contribution in [2.24, 2.45) is 0 Å². The summed E-state index contributed by atoms with van der Waals surface area (Å²) in [5, 5.41) is 5.98. The van der Waals surface area contributed by atoms with Crippen LogP contribution in [0.1, 0.15) is 45.0 Å². The lowest BCUT2D eigenvalue weighted by Crippen LogP contribution is -2.47. The number of anilines is 1. The molecule has 0 unspecified atom stereocenters. The molecule has 2 N–H and O–H groups in total. The van der Waals surface area contributed by atoms with Gasteiger partial charge in [-0.05, 0) is 34.6 Å². The standard InChI is InChI=1S/C14H24N4O2/c1-6-20-9-14(4,5)18-12(19)11-7-15-13(16-8-11)17-10(2)3/h7-8,10H,6,9H2,1-5H3,(H,18,19)(H,15,16,17). The van der Waals surface area contributed by atoms with Crippen LogP contribution >= 0.6 is 0 Å². The number of carbonyl (C=O) groups excluding carboxylic acids is 1. The lowest BCUT2D eigenvalue weighted by Gasteiger charge is -2.25. The average molecular weight is 280 g/mol. The van der Waals surface area contributed by atoms with E-state index in [9.17, 15) is 4.79 Å². The number of carbonyl (C=O) groups is 1. The first-order valence-corrected chi connectivity index (χ1v) is 6.83. The van der Waals surface area contributed by atoms with Gasteiger partial charge in [-0.15, -0.1) is 0 Å². The van der Waals surface area contributed by atoms with Gasteiger partial charge in [-0.2, -0.15) is 0 Å². The van der Waals surface area contributed by atoms with Gasteiger partial charge in [0.15, 0.2) is 0 Å². The van der Waals surface area contributed by atoms with Gasteiger partial charge in [0.2, 0.25) is 5.95 Å². The SMILES string of the molecule is CCOCC(C)(C)NC(=O)c1cnc(NC(C)C)nc1. The zero-order valence-corrected chi connectivity index (χ0v) is 12.9. The van der Waals surface area contributed by atoms with Crippen LogP contribution in [0.25, 0.3) is 0 Å². The highest BCUT2D eigenvalue weighted by Crippen LogP contribution is 2.07. The summed E-state index contributed by atoms with van der Waals surface area (Å²) in [5.74, 6) is 0.316. The molecule has 0 atom stereocenters. The van der Waals surface area contributed by atoms with E-state index in [1.807, 2.05) is 34.6 Å². The third-order valence-corrected chi connectivity index (χ3v) is 2.45. The normalized spacial score (nSPS) is 11.5. The maximum atomic E-state index is 12.1. The second-order valence-electron chi connectivity index (χ2n) is 5.57. The number of nitrogens with zero attached hydrogens (tertiary/aromatic N) is 2. The molecule has 20 heavy (non-hydrogen) atoms. The van der Waals surface area contributed by atoms with Crippen molar-refractivity contribution in [3.8, 4) is 0 Å². The molecule has 0 aliphatic carbocycles. The molecule has 0 saturated carbocycles. The summed E-state index contributed by atoms with van der Waals surface area (Å²) in [6.07, 6.45) is 3.04. The summed E-state index contributed by atoms with van der Waals surface area (Å²) in [5.41, 5.74) is 0.00552. The summed E-state index contributed by atoms with van der Waals surface area (Å²) in [6.45, 7) is 10.8. The Balaban J connectivity index is 2.63. The van der Waals surface area contributed by atoms with Crippen molar-refractivity contribution in [3.63, 3.8) is 0 Å². The van der Waals surface area contributed by atoms with Crippen molar-refractivity contribution >= 4 is 11.9 Å². The molecule has 0 aromatic carbocycles. The molecule has 1 heterocycles. The lowest BCUT2D eigenvalue weighted by molar-refractivity contribution is 0.0725. The van der Waals surface area contributed by atoms with E-state index in [0.717, 1.165) is 0 Å². The van der Waals surface area contributed by atoms with E-state index in [1.54, 1.807) is 0 Å². The molecule has 0 bridgehead atoms. The molecule has 6 heteroatoms. The van der Waals surface area contributed by atoms with Crippen LogP contribution in [0.15, 0.2) is 12.4 Å². The Morgan fingerprint density at radius 1 is 1.35 bits per heavy atom. The number of hydrogen-bond donors (Lipinski definition) is 2. The monoisotopic (exact) mass is 280 g/mol. The minimum absolute atomic E-state index is 0.203.